The lowest BCUT2D eigenvalue weighted by atomic mass is 10.1. The zero-order valence-corrected chi connectivity index (χ0v) is 13.2. The summed E-state index contributed by atoms with van der Waals surface area (Å²) in [7, 11) is -2.23. The van der Waals surface area contributed by atoms with Crippen LogP contribution in [-0.2, 0) is 15.6 Å². The van der Waals surface area contributed by atoms with Crippen LogP contribution in [0.5, 0.6) is 5.75 Å². The van der Waals surface area contributed by atoms with Gasteiger partial charge >= 0.3 is 0 Å². The lowest BCUT2D eigenvalue weighted by Gasteiger charge is -2.13. The van der Waals surface area contributed by atoms with Gasteiger partial charge in [0.15, 0.2) is 9.84 Å². The van der Waals surface area contributed by atoms with Crippen LogP contribution in [0.15, 0.2) is 42.5 Å². The first kappa shape index (κ1) is 17.4. The monoisotopic (exact) mass is 342 g/mol. The van der Waals surface area contributed by atoms with E-state index in [4.69, 9.17) is 4.74 Å². The van der Waals surface area contributed by atoms with Gasteiger partial charge in [0.05, 0.1) is 24.7 Å². The van der Waals surface area contributed by atoms with Gasteiger partial charge in [0.2, 0.25) is 0 Å². The number of benzene rings is 2. The summed E-state index contributed by atoms with van der Waals surface area (Å²) >= 11 is 0. The molecule has 1 atom stereocenters. The van der Waals surface area contributed by atoms with Gasteiger partial charge in [0.1, 0.15) is 17.4 Å². The number of hydrogen-bond acceptors (Lipinski definition) is 4. The van der Waals surface area contributed by atoms with E-state index in [-0.39, 0.29) is 11.3 Å². The maximum absolute atomic E-state index is 13.6. The number of methoxy groups -OCH3 is 1. The van der Waals surface area contributed by atoms with Crippen molar-refractivity contribution in [2.24, 2.45) is 0 Å². The average Bonchev–Trinajstić information content (AvgIpc) is 2.46. The molecule has 0 fully saturated rings. The third-order valence-corrected chi connectivity index (χ3v) is 4.85. The van der Waals surface area contributed by atoms with Gasteiger partial charge in [0, 0.05) is 11.6 Å². The maximum atomic E-state index is 13.6. The molecule has 0 saturated carbocycles. The number of aliphatic hydroxyl groups is 1. The fourth-order valence-electron chi connectivity index (χ4n) is 2.18. The fraction of sp³-hybridized carbons (Fsp3) is 0.250. The first-order valence-corrected chi connectivity index (χ1v) is 8.59. The molecule has 1 N–H and O–H groups in total. The van der Waals surface area contributed by atoms with Gasteiger partial charge in [0.25, 0.3) is 0 Å². The molecular formula is C16H16F2O4S. The molecule has 0 saturated heterocycles. The first-order chi connectivity index (χ1) is 10.8. The molecule has 4 nitrogen and oxygen atoms in total. The Balaban J connectivity index is 2.13. The van der Waals surface area contributed by atoms with Crippen LogP contribution in [0.25, 0.3) is 0 Å². The van der Waals surface area contributed by atoms with Crippen LogP contribution in [0, 0.1) is 11.6 Å². The Morgan fingerprint density at radius 1 is 1.17 bits per heavy atom. The topological polar surface area (TPSA) is 63.6 Å². The number of hydrogen-bond donors (Lipinski definition) is 1. The predicted octanol–water partition coefficient (Wildman–Crippen LogP) is 2.62. The van der Waals surface area contributed by atoms with Crippen molar-refractivity contribution in [1.29, 1.82) is 0 Å². The molecule has 0 radical (unpaired) electrons. The van der Waals surface area contributed by atoms with Gasteiger partial charge in [-0.05, 0) is 23.8 Å². The number of rotatable bonds is 6. The molecule has 0 bridgehead atoms. The van der Waals surface area contributed by atoms with Crippen LogP contribution in [0.4, 0.5) is 8.78 Å². The van der Waals surface area contributed by atoms with E-state index in [1.165, 1.54) is 7.11 Å². The lowest BCUT2D eigenvalue weighted by molar-refractivity contribution is 0.196. The van der Waals surface area contributed by atoms with Crippen LogP contribution >= 0.6 is 0 Å². The molecule has 0 amide bonds. The minimum absolute atomic E-state index is 0.249. The molecule has 23 heavy (non-hydrogen) atoms. The first-order valence-electron chi connectivity index (χ1n) is 6.77. The summed E-state index contributed by atoms with van der Waals surface area (Å²) in [4.78, 5) is 0. The van der Waals surface area contributed by atoms with Crippen LogP contribution < -0.4 is 4.74 Å². The Bertz CT molecular complexity index is 790. The fourth-order valence-corrected chi connectivity index (χ4v) is 3.64. The smallest absolute Gasteiger partial charge is 0.157 e. The summed E-state index contributed by atoms with van der Waals surface area (Å²) in [5.74, 6) is -2.23. The Kier molecular flexibility index (Phi) is 5.33. The second-order valence-electron chi connectivity index (χ2n) is 5.09. The molecule has 2 aromatic carbocycles. The average molecular weight is 342 g/mol. The standard InChI is InChI=1S/C16H16F2O4S/c1-22-13-4-2-3-11(7-13)9-23(20,21)10-16(19)14-6-5-12(17)8-15(14)18/h2-8,16,19H,9-10H2,1H3. The van der Waals surface area contributed by atoms with Gasteiger partial charge in [-0.25, -0.2) is 17.2 Å². The van der Waals surface area contributed by atoms with E-state index in [0.29, 0.717) is 17.4 Å². The van der Waals surface area contributed by atoms with Gasteiger partial charge in [-0.3, -0.25) is 0 Å². The van der Waals surface area contributed by atoms with Crippen LogP contribution in [0.3, 0.4) is 0 Å². The van der Waals surface area contributed by atoms with Crippen molar-refractivity contribution in [3.05, 3.63) is 65.2 Å². The predicted molar refractivity (Wildman–Crippen MR) is 81.8 cm³/mol. The van der Waals surface area contributed by atoms with Crippen molar-refractivity contribution in [1.82, 2.24) is 0 Å². The summed E-state index contributed by atoms with van der Waals surface area (Å²) < 4.78 is 55.8. The Morgan fingerprint density at radius 3 is 2.57 bits per heavy atom. The molecule has 2 rings (SSSR count). The molecule has 7 heteroatoms. The van der Waals surface area contributed by atoms with Crippen LogP contribution in [0.2, 0.25) is 0 Å². The minimum Gasteiger partial charge on any atom is -0.497 e. The molecule has 0 spiro atoms. The maximum Gasteiger partial charge on any atom is 0.157 e. The lowest BCUT2D eigenvalue weighted by Crippen LogP contribution is -2.17. The zero-order valence-electron chi connectivity index (χ0n) is 12.4. The van der Waals surface area contributed by atoms with E-state index in [0.717, 1.165) is 12.1 Å². The zero-order chi connectivity index (χ0) is 17.0. The normalized spacial score (nSPS) is 12.9. The Hall–Kier alpha value is -1.99. The SMILES string of the molecule is COc1cccc(CS(=O)(=O)CC(O)c2ccc(F)cc2F)c1. The summed E-state index contributed by atoms with van der Waals surface area (Å²) in [6.07, 6.45) is -1.56. The van der Waals surface area contributed by atoms with E-state index in [1.807, 2.05) is 0 Å². The molecule has 0 heterocycles. The summed E-state index contributed by atoms with van der Waals surface area (Å²) in [5, 5.41) is 9.94. The highest BCUT2D eigenvalue weighted by Gasteiger charge is 2.22. The molecular weight excluding hydrogens is 326 g/mol. The summed E-state index contributed by atoms with van der Waals surface area (Å²) in [6, 6.07) is 9.13. The van der Waals surface area contributed by atoms with Gasteiger partial charge in [-0.15, -0.1) is 0 Å². The van der Waals surface area contributed by atoms with Gasteiger partial charge in [-0.1, -0.05) is 18.2 Å². The molecule has 1 unspecified atom stereocenters. The van der Waals surface area contributed by atoms with E-state index < -0.39 is 33.3 Å². The number of sulfone groups is 1. The third kappa shape index (κ3) is 4.74. The van der Waals surface area contributed by atoms with Gasteiger partial charge in [-0.2, -0.15) is 0 Å². The van der Waals surface area contributed by atoms with E-state index in [9.17, 15) is 22.3 Å². The van der Waals surface area contributed by atoms with E-state index in [2.05, 4.69) is 0 Å². The van der Waals surface area contributed by atoms with Crippen molar-refractivity contribution in [3.8, 4) is 5.75 Å². The molecule has 0 aromatic heterocycles. The van der Waals surface area contributed by atoms with Gasteiger partial charge < -0.3 is 9.84 Å². The molecule has 0 aliphatic carbocycles. The van der Waals surface area contributed by atoms with Crippen molar-refractivity contribution in [3.63, 3.8) is 0 Å². The number of aliphatic hydroxyl groups excluding tert-OH is 1. The van der Waals surface area contributed by atoms with Crippen LogP contribution in [0.1, 0.15) is 17.2 Å². The van der Waals surface area contributed by atoms with Crippen molar-refractivity contribution in [2.75, 3.05) is 12.9 Å². The highest BCUT2D eigenvalue weighted by Crippen LogP contribution is 2.22. The van der Waals surface area contributed by atoms with E-state index in [1.54, 1.807) is 24.3 Å². The highest BCUT2D eigenvalue weighted by atomic mass is 32.2. The summed E-state index contributed by atoms with van der Waals surface area (Å²) in [5.41, 5.74) is 0.247. The second-order valence-corrected chi connectivity index (χ2v) is 7.20. The Labute approximate surface area is 133 Å². The molecule has 124 valence electrons. The largest absolute Gasteiger partial charge is 0.497 e. The van der Waals surface area contributed by atoms with E-state index >= 15 is 0 Å². The van der Waals surface area contributed by atoms with Crippen molar-refractivity contribution >= 4 is 9.84 Å². The quantitative estimate of drug-likeness (QED) is 0.876. The second kappa shape index (κ2) is 7.06. The molecule has 0 aliphatic heterocycles. The van der Waals surface area contributed by atoms with Crippen molar-refractivity contribution < 1.29 is 27.0 Å². The third-order valence-electron chi connectivity index (χ3n) is 3.25. The van der Waals surface area contributed by atoms with Crippen molar-refractivity contribution in [2.45, 2.75) is 11.9 Å². The number of ether oxygens (including phenoxy) is 1. The number of halogens is 2. The Morgan fingerprint density at radius 2 is 1.91 bits per heavy atom. The van der Waals surface area contributed by atoms with Crippen LogP contribution in [-0.4, -0.2) is 26.4 Å². The molecule has 2 aromatic rings. The highest BCUT2D eigenvalue weighted by molar-refractivity contribution is 7.90. The minimum atomic E-state index is -3.70. The molecule has 0 aliphatic rings. The summed E-state index contributed by atoms with van der Waals surface area (Å²) in [6.45, 7) is 0.